The molecule has 138 valence electrons. The lowest BCUT2D eigenvalue weighted by Crippen LogP contribution is -2.29. The largest absolute Gasteiger partial charge is 0.350 e. The molecule has 0 saturated carbocycles. The summed E-state index contributed by atoms with van der Waals surface area (Å²) >= 11 is 6.53. The smallest absolute Gasteiger partial charge is 0.269 e. The Kier molecular flexibility index (Phi) is 4.97. The lowest BCUT2D eigenvalue weighted by molar-refractivity contribution is -0.384. The molecule has 0 amide bonds. The van der Waals surface area contributed by atoms with Gasteiger partial charge in [0.15, 0.2) is 0 Å². The fourth-order valence-electron chi connectivity index (χ4n) is 3.84. The molecule has 5 nitrogen and oxygen atoms in total. The highest BCUT2D eigenvalue weighted by Crippen LogP contribution is 2.38. The second kappa shape index (κ2) is 7.55. The highest BCUT2D eigenvalue weighted by atomic mass is 35.5. The zero-order valence-corrected chi connectivity index (χ0v) is 15.5. The number of fused-ring (bicyclic) bond motifs is 1. The molecule has 0 saturated heterocycles. The van der Waals surface area contributed by atoms with Crippen molar-refractivity contribution >= 4 is 17.3 Å². The van der Waals surface area contributed by atoms with E-state index in [0.29, 0.717) is 5.02 Å². The van der Waals surface area contributed by atoms with Gasteiger partial charge in [0, 0.05) is 54.2 Å². The van der Waals surface area contributed by atoms with Crippen molar-refractivity contribution in [3.05, 3.63) is 98.8 Å². The van der Waals surface area contributed by atoms with Crippen molar-refractivity contribution in [3.8, 4) is 0 Å². The Morgan fingerprint density at radius 2 is 1.89 bits per heavy atom. The van der Waals surface area contributed by atoms with Gasteiger partial charge in [-0.2, -0.15) is 0 Å². The van der Waals surface area contributed by atoms with Gasteiger partial charge in [-0.25, -0.2) is 0 Å². The number of hydrogen-bond acceptors (Lipinski definition) is 3. The van der Waals surface area contributed by atoms with Crippen LogP contribution in [0, 0.1) is 10.1 Å². The monoisotopic (exact) mass is 381 g/mol. The van der Waals surface area contributed by atoms with Crippen molar-refractivity contribution in [1.82, 2.24) is 9.47 Å². The maximum Gasteiger partial charge on any atom is 0.269 e. The second-order valence-corrected chi connectivity index (χ2v) is 7.21. The number of benzene rings is 2. The standard InChI is InChI=1S/C21H20ClN3O2/c22-19-10-9-17(25(26)27)14-18(19)21-20-8-4-11-23(20)12-5-13-24(21)15-16-6-2-1-3-7-16/h1-4,6-11,14,21H,5,12-13,15H2/t21-/m1/s1. The van der Waals surface area contributed by atoms with Crippen LogP contribution in [0.15, 0.2) is 66.9 Å². The molecular weight excluding hydrogens is 362 g/mol. The summed E-state index contributed by atoms with van der Waals surface area (Å²) in [6, 6.07) is 19.0. The molecule has 0 radical (unpaired) electrons. The minimum absolute atomic E-state index is 0.0661. The molecule has 0 fully saturated rings. The average molecular weight is 382 g/mol. The topological polar surface area (TPSA) is 51.3 Å². The Morgan fingerprint density at radius 3 is 2.67 bits per heavy atom. The van der Waals surface area contributed by atoms with Gasteiger partial charge in [0.25, 0.3) is 5.69 Å². The number of non-ortho nitro benzene ring substituents is 1. The van der Waals surface area contributed by atoms with Gasteiger partial charge in [-0.1, -0.05) is 41.9 Å². The van der Waals surface area contributed by atoms with E-state index < -0.39 is 0 Å². The molecule has 0 bridgehead atoms. The number of aryl methyl sites for hydroxylation is 1. The number of aromatic nitrogens is 1. The summed E-state index contributed by atoms with van der Waals surface area (Å²) in [5.74, 6) is 0. The first-order chi connectivity index (χ1) is 13.1. The van der Waals surface area contributed by atoms with Crippen LogP contribution in [0.5, 0.6) is 0 Å². The molecule has 1 atom stereocenters. The van der Waals surface area contributed by atoms with Crippen molar-refractivity contribution in [3.63, 3.8) is 0 Å². The molecule has 3 aromatic rings. The third kappa shape index (κ3) is 3.61. The molecule has 0 spiro atoms. The van der Waals surface area contributed by atoms with E-state index in [-0.39, 0.29) is 16.7 Å². The Labute approximate surface area is 162 Å². The number of rotatable bonds is 4. The molecule has 0 N–H and O–H groups in total. The minimum atomic E-state index is -0.364. The lowest BCUT2D eigenvalue weighted by Gasteiger charge is -2.31. The van der Waals surface area contributed by atoms with Crippen molar-refractivity contribution in [2.24, 2.45) is 0 Å². The summed E-state index contributed by atoms with van der Waals surface area (Å²) in [4.78, 5) is 13.3. The van der Waals surface area contributed by atoms with Gasteiger partial charge in [0.2, 0.25) is 0 Å². The van der Waals surface area contributed by atoms with E-state index in [2.05, 4.69) is 33.9 Å². The number of nitro benzene ring substituents is 1. The molecule has 0 aliphatic carbocycles. The highest BCUT2D eigenvalue weighted by molar-refractivity contribution is 6.31. The summed E-state index contributed by atoms with van der Waals surface area (Å²) in [5, 5.41) is 11.9. The van der Waals surface area contributed by atoms with E-state index in [0.717, 1.165) is 37.3 Å². The van der Waals surface area contributed by atoms with Crippen LogP contribution in [-0.2, 0) is 13.1 Å². The predicted octanol–water partition coefficient (Wildman–Crippen LogP) is 5.05. The van der Waals surface area contributed by atoms with Crippen molar-refractivity contribution in [2.75, 3.05) is 6.54 Å². The van der Waals surface area contributed by atoms with E-state index in [4.69, 9.17) is 11.6 Å². The van der Waals surface area contributed by atoms with Crippen LogP contribution in [0.25, 0.3) is 0 Å². The van der Waals surface area contributed by atoms with Gasteiger partial charge in [-0.05, 0) is 30.2 Å². The third-order valence-corrected chi connectivity index (χ3v) is 5.41. The van der Waals surface area contributed by atoms with Gasteiger partial charge in [-0.3, -0.25) is 15.0 Å². The van der Waals surface area contributed by atoms with Crippen LogP contribution < -0.4 is 0 Å². The summed E-state index contributed by atoms with van der Waals surface area (Å²) in [5.41, 5.74) is 3.18. The molecule has 0 unspecified atom stereocenters. The fraction of sp³-hybridized carbons (Fsp3) is 0.238. The van der Waals surface area contributed by atoms with E-state index in [1.807, 2.05) is 24.3 Å². The predicted molar refractivity (Wildman–Crippen MR) is 106 cm³/mol. The van der Waals surface area contributed by atoms with Crippen molar-refractivity contribution < 1.29 is 4.92 Å². The molecule has 2 aromatic carbocycles. The molecule has 4 rings (SSSR count). The van der Waals surface area contributed by atoms with Gasteiger partial charge in [-0.15, -0.1) is 0 Å². The Balaban J connectivity index is 1.81. The molecule has 1 aromatic heterocycles. The van der Waals surface area contributed by atoms with E-state index in [1.165, 1.54) is 11.6 Å². The number of halogens is 1. The quantitative estimate of drug-likeness (QED) is 0.469. The second-order valence-electron chi connectivity index (χ2n) is 6.80. The minimum Gasteiger partial charge on any atom is -0.350 e. The molecule has 1 aliphatic heterocycles. The zero-order valence-electron chi connectivity index (χ0n) is 14.8. The van der Waals surface area contributed by atoms with E-state index >= 15 is 0 Å². The first kappa shape index (κ1) is 17.8. The maximum absolute atomic E-state index is 11.3. The fourth-order valence-corrected chi connectivity index (χ4v) is 4.06. The summed E-state index contributed by atoms with van der Waals surface area (Å²) in [6.07, 6.45) is 3.08. The van der Waals surface area contributed by atoms with Crippen LogP contribution in [0.3, 0.4) is 0 Å². The van der Waals surface area contributed by atoms with E-state index in [9.17, 15) is 10.1 Å². The van der Waals surface area contributed by atoms with Crippen molar-refractivity contribution in [1.29, 1.82) is 0 Å². The SMILES string of the molecule is O=[N+]([O-])c1ccc(Cl)c([C@@H]2c3cccn3CCCN2Cc2ccccc2)c1. The lowest BCUT2D eigenvalue weighted by atomic mass is 10.00. The van der Waals surface area contributed by atoms with Crippen LogP contribution in [0.2, 0.25) is 5.02 Å². The normalized spacial score (nSPS) is 17.3. The van der Waals surface area contributed by atoms with Gasteiger partial charge >= 0.3 is 0 Å². The third-order valence-electron chi connectivity index (χ3n) is 5.07. The van der Waals surface area contributed by atoms with Crippen molar-refractivity contribution in [2.45, 2.75) is 25.6 Å². The Hall–Kier alpha value is -2.63. The summed E-state index contributed by atoms with van der Waals surface area (Å²) in [6.45, 7) is 2.58. The first-order valence-electron chi connectivity index (χ1n) is 9.00. The molecule has 2 heterocycles. The first-order valence-corrected chi connectivity index (χ1v) is 9.38. The number of nitro groups is 1. The summed E-state index contributed by atoms with van der Waals surface area (Å²) in [7, 11) is 0. The van der Waals surface area contributed by atoms with Crippen LogP contribution in [0.4, 0.5) is 5.69 Å². The molecule has 27 heavy (non-hydrogen) atoms. The van der Waals surface area contributed by atoms with Gasteiger partial charge < -0.3 is 4.57 Å². The van der Waals surface area contributed by atoms with Crippen LogP contribution in [-0.4, -0.2) is 20.9 Å². The van der Waals surface area contributed by atoms with Gasteiger partial charge in [0.05, 0.1) is 11.0 Å². The van der Waals surface area contributed by atoms with Crippen LogP contribution >= 0.6 is 11.6 Å². The van der Waals surface area contributed by atoms with Gasteiger partial charge in [0.1, 0.15) is 0 Å². The Morgan fingerprint density at radius 1 is 1.07 bits per heavy atom. The Bertz CT molecular complexity index is 955. The maximum atomic E-state index is 11.3. The molecule has 6 heteroatoms. The summed E-state index contributed by atoms with van der Waals surface area (Å²) < 4.78 is 2.23. The van der Waals surface area contributed by atoms with E-state index in [1.54, 1.807) is 12.1 Å². The van der Waals surface area contributed by atoms with Crippen LogP contribution in [0.1, 0.15) is 29.3 Å². The highest BCUT2D eigenvalue weighted by Gasteiger charge is 2.30. The number of hydrogen-bond donors (Lipinski definition) is 0. The molecular formula is C21H20ClN3O2. The molecule has 1 aliphatic rings. The number of nitrogens with zero attached hydrogens (tertiary/aromatic N) is 3. The average Bonchev–Trinajstić information content (AvgIpc) is 3.05. The zero-order chi connectivity index (χ0) is 18.8.